The summed E-state index contributed by atoms with van der Waals surface area (Å²) in [6, 6.07) is 86.5. The largest absolute Gasteiger partial charge is 0.0622 e. The minimum atomic E-state index is -0.184. The van der Waals surface area contributed by atoms with Crippen LogP contribution in [0.1, 0.15) is 49.9 Å². The van der Waals surface area contributed by atoms with Crippen molar-refractivity contribution in [2.75, 3.05) is 0 Å². The molecule has 0 nitrogen and oxygen atoms in total. The van der Waals surface area contributed by atoms with Gasteiger partial charge in [-0.05, 0) is 168 Å². The lowest BCUT2D eigenvalue weighted by molar-refractivity contribution is 0.661. The third kappa shape index (κ3) is 6.80. The summed E-state index contributed by atoms with van der Waals surface area (Å²) in [4.78, 5) is 0. The van der Waals surface area contributed by atoms with E-state index in [0.717, 1.165) is 12.8 Å². The molecule has 338 valence electrons. The van der Waals surface area contributed by atoms with Gasteiger partial charge in [-0.15, -0.1) is 0 Å². The topological polar surface area (TPSA) is 0 Å². The normalized spacial score (nSPS) is 12.7. The molecule has 0 saturated carbocycles. The van der Waals surface area contributed by atoms with Gasteiger partial charge in [-0.2, -0.15) is 0 Å². The number of rotatable bonds is 8. The molecule has 1 aliphatic rings. The van der Waals surface area contributed by atoms with Crippen LogP contribution in [0.5, 0.6) is 0 Å². The number of benzene rings is 12. The van der Waals surface area contributed by atoms with Gasteiger partial charge < -0.3 is 0 Å². The predicted octanol–water partition coefficient (Wildman–Crippen LogP) is 19.7. The second-order valence-electron chi connectivity index (χ2n) is 20.0. The van der Waals surface area contributed by atoms with Crippen molar-refractivity contribution in [3.63, 3.8) is 0 Å². The first-order chi connectivity index (χ1) is 34.9. The monoisotopic (exact) mass is 906 g/mol. The van der Waals surface area contributed by atoms with Gasteiger partial charge in [0.15, 0.2) is 0 Å². The Labute approximate surface area is 417 Å². The highest BCUT2D eigenvalue weighted by Gasteiger charge is 2.36. The average molecular weight is 907 g/mol. The Bertz CT molecular complexity index is 3960. The lowest BCUT2D eigenvalue weighted by Gasteiger charge is -2.23. The van der Waals surface area contributed by atoms with Gasteiger partial charge in [0.25, 0.3) is 0 Å². The molecule has 0 amide bonds. The van der Waals surface area contributed by atoms with Gasteiger partial charge in [-0.1, -0.05) is 246 Å². The first-order valence-electron chi connectivity index (χ1n) is 25.5. The Balaban J connectivity index is 0.867. The van der Waals surface area contributed by atoms with Crippen molar-refractivity contribution in [3.05, 3.63) is 253 Å². The number of hydrogen-bond donors (Lipinski definition) is 0. The maximum atomic E-state index is 2.50. The Morgan fingerprint density at radius 2 is 0.521 bits per heavy atom. The van der Waals surface area contributed by atoms with E-state index in [2.05, 4.69) is 258 Å². The van der Waals surface area contributed by atoms with E-state index in [0.29, 0.717) is 0 Å². The molecule has 0 heterocycles. The summed E-state index contributed by atoms with van der Waals surface area (Å²) < 4.78 is 0. The highest BCUT2D eigenvalue weighted by Crippen LogP contribution is 2.53. The molecule has 71 heavy (non-hydrogen) atoms. The number of aryl methyl sites for hydroxylation is 2. The molecule has 12 aromatic rings. The maximum absolute atomic E-state index is 2.50. The molecule has 0 spiro atoms. The zero-order valence-corrected chi connectivity index (χ0v) is 40.9. The van der Waals surface area contributed by atoms with Crippen molar-refractivity contribution < 1.29 is 0 Å². The van der Waals surface area contributed by atoms with Crippen LogP contribution in [0, 0.1) is 0 Å². The molecule has 13 rings (SSSR count). The fraction of sp³-hybridized carbons (Fsp3) is 0.0986. The minimum absolute atomic E-state index is 0.184. The molecule has 12 aromatic carbocycles. The second-order valence-corrected chi connectivity index (χ2v) is 20.0. The highest BCUT2D eigenvalue weighted by atomic mass is 14.4. The van der Waals surface area contributed by atoms with Crippen LogP contribution in [0.3, 0.4) is 0 Å². The standard InChI is InChI=1S/C71H54/c1-5-45-41-49(33-37-53(45)54-38-35-51(42-46(54)6-2)69-61-29-17-13-25-57(61)67(47-21-9-7-10-22-47)58-26-14-18-30-62(58)69)50-34-39-55-56-40-36-52(44-66(56)71(3,4)65(55)43-50)70-63-31-19-15-27-59(63)68(48-23-11-8-12-24-48)60-28-16-20-32-64(60)70/h7-44H,5-6H2,1-4H3. The lowest BCUT2D eigenvalue weighted by atomic mass is 9.80. The van der Waals surface area contributed by atoms with Gasteiger partial charge >= 0.3 is 0 Å². The summed E-state index contributed by atoms with van der Waals surface area (Å²) in [6.45, 7) is 9.44. The van der Waals surface area contributed by atoms with Crippen LogP contribution in [0.15, 0.2) is 231 Å². The molecule has 0 atom stereocenters. The third-order valence-electron chi connectivity index (χ3n) is 15.8. The van der Waals surface area contributed by atoms with Crippen LogP contribution >= 0.6 is 0 Å². The zero-order chi connectivity index (χ0) is 47.8. The Hall–Kier alpha value is -8.32. The minimum Gasteiger partial charge on any atom is -0.0622 e. The quantitative estimate of drug-likeness (QED) is 0.133. The van der Waals surface area contributed by atoms with Crippen LogP contribution in [0.25, 0.3) is 121 Å². The summed E-state index contributed by atoms with van der Waals surface area (Å²) in [6.07, 6.45) is 1.89. The number of hydrogen-bond acceptors (Lipinski definition) is 0. The number of fused-ring (bicyclic) bond motifs is 7. The van der Waals surface area contributed by atoms with Crippen LogP contribution in [-0.2, 0) is 18.3 Å². The molecular formula is C71H54. The molecule has 0 N–H and O–H groups in total. The van der Waals surface area contributed by atoms with Gasteiger partial charge in [-0.25, -0.2) is 0 Å². The van der Waals surface area contributed by atoms with Crippen LogP contribution in [0.2, 0.25) is 0 Å². The van der Waals surface area contributed by atoms with Crippen molar-refractivity contribution in [2.45, 2.75) is 46.0 Å². The van der Waals surface area contributed by atoms with E-state index in [4.69, 9.17) is 0 Å². The second kappa shape index (κ2) is 17.0. The summed E-state index contributed by atoms with van der Waals surface area (Å²) >= 11 is 0. The molecule has 0 aromatic heterocycles. The molecular weight excluding hydrogens is 853 g/mol. The van der Waals surface area contributed by atoms with Crippen molar-refractivity contribution in [2.24, 2.45) is 0 Å². The molecule has 0 heteroatoms. The Morgan fingerprint density at radius 3 is 0.887 bits per heavy atom. The molecule has 0 unspecified atom stereocenters. The van der Waals surface area contributed by atoms with Crippen molar-refractivity contribution in [1.82, 2.24) is 0 Å². The van der Waals surface area contributed by atoms with Crippen molar-refractivity contribution >= 4 is 43.1 Å². The zero-order valence-electron chi connectivity index (χ0n) is 40.9. The lowest BCUT2D eigenvalue weighted by Crippen LogP contribution is -2.15. The smallest absolute Gasteiger partial charge is 0.0159 e. The Kier molecular flexibility index (Phi) is 10.2. The van der Waals surface area contributed by atoms with E-state index < -0.39 is 0 Å². The molecule has 0 fully saturated rings. The van der Waals surface area contributed by atoms with Gasteiger partial charge in [0.05, 0.1) is 0 Å². The summed E-state index contributed by atoms with van der Waals surface area (Å²) in [5, 5.41) is 10.3. The summed E-state index contributed by atoms with van der Waals surface area (Å²) in [5.74, 6) is 0. The fourth-order valence-electron chi connectivity index (χ4n) is 12.4. The first kappa shape index (κ1) is 42.8. The maximum Gasteiger partial charge on any atom is 0.0159 e. The van der Waals surface area contributed by atoms with Crippen molar-refractivity contribution in [3.8, 4) is 77.9 Å². The van der Waals surface area contributed by atoms with Crippen LogP contribution in [0.4, 0.5) is 0 Å². The summed E-state index contributed by atoms with van der Waals surface area (Å²) in [7, 11) is 0. The highest BCUT2D eigenvalue weighted by molar-refractivity contribution is 6.23. The van der Waals surface area contributed by atoms with E-state index >= 15 is 0 Å². The molecule has 0 saturated heterocycles. The van der Waals surface area contributed by atoms with Crippen LogP contribution in [-0.4, -0.2) is 0 Å². The molecule has 0 aliphatic heterocycles. The molecule has 0 radical (unpaired) electrons. The fourth-order valence-corrected chi connectivity index (χ4v) is 12.4. The van der Waals surface area contributed by atoms with E-state index in [1.807, 2.05) is 0 Å². The Morgan fingerprint density at radius 1 is 0.254 bits per heavy atom. The van der Waals surface area contributed by atoms with E-state index in [1.54, 1.807) is 0 Å². The van der Waals surface area contributed by atoms with E-state index in [-0.39, 0.29) is 5.41 Å². The van der Waals surface area contributed by atoms with Crippen molar-refractivity contribution in [1.29, 1.82) is 0 Å². The SMILES string of the molecule is CCc1cc(-c2ccc3c(c2)C(C)(C)c2cc(-c4c5ccccc5c(-c5ccccc5)c5ccccc45)ccc2-3)ccc1-c1ccc(-c2c3ccccc3c(-c3ccccc3)c3ccccc23)cc1CC. The average Bonchev–Trinajstić information content (AvgIpc) is 3.66. The van der Waals surface area contributed by atoms with Crippen LogP contribution < -0.4 is 0 Å². The predicted molar refractivity (Wildman–Crippen MR) is 305 cm³/mol. The van der Waals surface area contributed by atoms with Gasteiger partial charge in [0, 0.05) is 5.41 Å². The summed E-state index contributed by atoms with van der Waals surface area (Å²) in [5.41, 5.74) is 23.4. The van der Waals surface area contributed by atoms with E-state index in [9.17, 15) is 0 Å². The van der Waals surface area contributed by atoms with E-state index in [1.165, 1.54) is 143 Å². The first-order valence-corrected chi connectivity index (χ1v) is 25.5. The van der Waals surface area contributed by atoms with Gasteiger partial charge in [0.2, 0.25) is 0 Å². The van der Waals surface area contributed by atoms with Gasteiger partial charge in [0.1, 0.15) is 0 Å². The third-order valence-corrected chi connectivity index (χ3v) is 15.8. The molecule has 1 aliphatic carbocycles. The van der Waals surface area contributed by atoms with Gasteiger partial charge in [-0.3, -0.25) is 0 Å². The molecule has 0 bridgehead atoms.